The van der Waals surface area contributed by atoms with Crippen molar-refractivity contribution in [3.63, 3.8) is 0 Å². The number of carbonyl (C=O) groups is 2. The Kier molecular flexibility index (Phi) is 4.43. The highest BCUT2D eigenvalue weighted by molar-refractivity contribution is 7.16. The fourth-order valence-corrected chi connectivity index (χ4v) is 3.43. The molecule has 1 N–H and O–H groups in total. The van der Waals surface area contributed by atoms with E-state index in [1.165, 1.54) is 11.3 Å². The second kappa shape index (κ2) is 6.10. The maximum Gasteiger partial charge on any atom is 0.229 e. The molecule has 21 heavy (non-hydrogen) atoms. The first kappa shape index (κ1) is 15.3. The zero-order valence-corrected chi connectivity index (χ0v) is 12.6. The molecule has 0 unspecified atom stereocenters. The zero-order chi connectivity index (χ0) is 15.6. The Balaban J connectivity index is 2.22. The van der Waals surface area contributed by atoms with E-state index < -0.39 is 17.8 Å². The topological polar surface area (TPSA) is 93.0 Å². The standard InChI is InChI=1S/C15H16N2O3S/c1-8-9(2)21-14(12(8)7-16)17-13(18)10-5-3-4-6-11(10)15(19)20/h3-4,10-11H,5-6H2,1-2H3,(H,17,18)(H,19,20)/p-1/t10-,11+/m0/s1. The van der Waals surface area contributed by atoms with E-state index in [1.54, 1.807) is 12.2 Å². The summed E-state index contributed by atoms with van der Waals surface area (Å²) in [5.41, 5.74) is 1.29. The van der Waals surface area contributed by atoms with Gasteiger partial charge in [0, 0.05) is 16.8 Å². The molecule has 1 heterocycles. The molecule has 0 radical (unpaired) electrons. The minimum absolute atomic E-state index is 0.300. The monoisotopic (exact) mass is 303 g/mol. The summed E-state index contributed by atoms with van der Waals surface area (Å²) < 4.78 is 0. The van der Waals surface area contributed by atoms with Gasteiger partial charge in [-0.3, -0.25) is 4.79 Å². The van der Waals surface area contributed by atoms with Gasteiger partial charge in [-0.15, -0.1) is 11.3 Å². The first-order valence-electron chi connectivity index (χ1n) is 6.62. The molecule has 5 nitrogen and oxygen atoms in total. The molecule has 2 atom stereocenters. The lowest BCUT2D eigenvalue weighted by Gasteiger charge is -2.28. The highest BCUT2D eigenvalue weighted by Crippen LogP contribution is 2.33. The Morgan fingerprint density at radius 2 is 1.95 bits per heavy atom. The number of amides is 1. The third kappa shape index (κ3) is 2.98. The van der Waals surface area contributed by atoms with Crippen LogP contribution in [0.1, 0.15) is 28.8 Å². The molecule has 1 aliphatic rings. The van der Waals surface area contributed by atoms with Crippen LogP contribution in [0.2, 0.25) is 0 Å². The van der Waals surface area contributed by atoms with Crippen LogP contribution in [0.5, 0.6) is 0 Å². The van der Waals surface area contributed by atoms with Gasteiger partial charge in [-0.1, -0.05) is 12.2 Å². The maximum absolute atomic E-state index is 12.3. The van der Waals surface area contributed by atoms with E-state index in [1.807, 2.05) is 13.8 Å². The Hall–Kier alpha value is -2.13. The van der Waals surface area contributed by atoms with Gasteiger partial charge in [0.2, 0.25) is 5.91 Å². The Morgan fingerprint density at radius 1 is 1.33 bits per heavy atom. The van der Waals surface area contributed by atoms with Crippen LogP contribution < -0.4 is 10.4 Å². The minimum Gasteiger partial charge on any atom is -0.550 e. The largest absolute Gasteiger partial charge is 0.550 e. The molecule has 0 saturated heterocycles. The van der Waals surface area contributed by atoms with E-state index in [0.29, 0.717) is 23.4 Å². The molecule has 0 aliphatic heterocycles. The van der Waals surface area contributed by atoms with Crippen molar-refractivity contribution in [3.05, 3.63) is 28.2 Å². The van der Waals surface area contributed by atoms with Gasteiger partial charge >= 0.3 is 0 Å². The highest BCUT2D eigenvalue weighted by atomic mass is 32.1. The number of allylic oxidation sites excluding steroid dienone is 2. The summed E-state index contributed by atoms with van der Waals surface area (Å²) in [4.78, 5) is 24.4. The zero-order valence-electron chi connectivity index (χ0n) is 11.8. The van der Waals surface area contributed by atoms with E-state index >= 15 is 0 Å². The number of carboxylic acid groups (broad SMARTS) is 1. The first-order chi connectivity index (χ1) is 9.95. The Morgan fingerprint density at radius 3 is 2.52 bits per heavy atom. The number of aliphatic carboxylic acids is 1. The average Bonchev–Trinajstić information content (AvgIpc) is 2.73. The molecule has 0 spiro atoms. The number of carbonyl (C=O) groups excluding carboxylic acids is 2. The van der Waals surface area contributed by atoms with Crippen LogP contribution in [-0.2, 0) is 9.59 Å². The quantitative estimate of drug-likeness (QED) is 0.856. The number of hydrogen-bond acceptors (Lipinski definition) is 5. The van der Waals surface area contributed by atoms with Crippen LogP contribution in [-0.4, -0.2) is 11.9 Å². The lowest BCUT2D eigenvalue weighted by molar-refractivity contribution is -0.313. The molecule has 1 aromatic heterocycles. The molecule has 6 heteroatoms. The van der Waals surface area contributed by atoms with Gasteiger partial charge in [-0.2, -0.15) is 5.26 Å². The van der Waals surface area contributed by atoms with Gasteiger partial charge in [-0.05, 0) is 32.3 Å². The lowest BCUT2D eigenvalue weighted by atomic mass is 9.82. The van der Waals surface area contributed by atoms with Crippen LogP contribution in [0.25, 0.3) is 0 Å². The number of nitrogens with one attached hydrogen (secondary N) is 1. The summed E-state index contributed by atoms with van der Waals surface area (Å²) in [7, 11) is 0. The van der Waals surface area contributed by atoms with Gasteiger partial charge in [0.05, 0.1) is 11.5 Å². The predicted octanol–water partition coefficient (Wildman–Crippen LogP) is 1.51. The van der Waals surface area contributed by atoms with Crippen molar-refractivity contribution in [2.45, 2.75) is 26.7 Å². The fourth-order valence-electron chi connectivity index (χ4n) is 2.42. The first-order valence-corrected chi connectivity index (χ1v) is 7.44. The van der Waals surface area contributed by atoms with Crippen molar-refractivity contribution in [2.75, 3.05) is 5.32 Å². The van der Waals surface area contributed by atoms with E-state index in [4.69, 9.17) is 5.26 Å². The molecule has 1 aliphatic carbocycles. The number of rotatable bonds is 3. The summed E-state index contributed by atoms with van der Waals surface area (Å²) in [6.07, 6.45) is 4.23. The van der Waals surface area contributed by atoms with E-state index in [-0.39, 0.29) is 5.91 Å². The summed E-state index contributed by atoms with van der Waals surface area (Å²) >= 11 is 1.33. The van der Waals surface area contributed by atoms with Crippen molar-refractivity contribution in [3.8, 4) is 6.07 Å². The number of carboxylic acids is 1. The normalized spacial score (nSPS) is 20.8. The third-order valence-corrected chi connectivity index (χ3v) is 4.93. The number of hydrogen-bond donors (Lipinski definition) is 1. The van der Waals surface area contributed by atoms with Crippen molar-refractivity contribution < 1.29 is 14.7 Å². The summed E-state index contributed by atoms with van der Waals surface area (Å²) in [6, 6.07) is 2.08. The van der Waals surface area contributed by atoms with Gasteiger partial charge in [0.1, 0.15) is 11.1 Å². The molecule has 110 valence electrons. The number of nitrogens with zero attached hydrogens (tertiary/aromatic N) is 1. The predicted molar refractivity (Wildman–Crippen MR) is 77.5 cm³/mol. The van der Waals surface area contributed by atoms with E-state index in [0.717, 1.165) is 10.4 Å². The van der Waals surface area contributed by atoms with Crippen LogP contribution in [0.4, 0.5) is 5.00 Å². The van der Waals surface area contributed by atoms with Gasteiger partial charge in [-0.25, -0.2) is 0 Å². The van der Waals surface area contributed by atoms with Crippen LogP contribution in [0.15, 0.2) is 12.2 Å². The van der Waals surface area contributed by atoms with Gasteiger partial charge in [0.25, 0.3) is 0 Å². The number of thiophene rings is 1. The summed E-state index contributed by atoms with van der Waals surface area (Å²) in [5.74, 6) is -3.05. The van der Waals surface area contributed by atoms with Crippen molar-refractivity contribution in [1.82, 2.24) is 0 Å². The third-order valence-electron chi connectivity index (χ3n) is 3.81. The summed E-state index contributed by atoms with van der Waals surface area (Å²) in [6.45, 7) is 3.71. The van der Waals surface area contributed by atoms with E-state index in [2.05, 4.69) is 11.4 Å². The maximum atomic E-state index is 12.3. The molecule has 0 saturated carbocycles. The average molecular weight is 303 g/mol. The molecule has 2 rings (SSSR count). The molecule has 1 aromatic rings. The highest BCUT2D eigenvalue weighted by Gasteiger charge is 2.30. The van der Waals surface area contributed by atoms with Gasteiger partial charge < -0.3 is 15.2 Å². The van der Waals surface area contributed by atoms with Crippen LogP contribution >= 0.6 is 11.3 Å². The Bertz CT molecular complexity index is 655. The fraction of sp³-hybridized carbons (Fsp3) is 0.400. The number of nitriles is 1. The molecule has 0 bridgehead atoms. The molecular formula is C15H15N2O3S-. The summed E-state index contributed by atoms with van der Waals surface area (Å²) in [5, 5.41) is 23.5. The van der Waals surface area contributed by atoms with Crippen LogP contribution in [0, 0.1) is 37.0 Å². The lowest BCUT2D eigenvalue weighted by Crippen LogP contribution is -2.41. The van der Waals surface area contributed by atoms with Gasteiger partial charge in [0.15, 0.2) is 0 Å². The van der Waals surface area contributed by atoms with Crippen molar-refractivity contribution in [2.24, 2.45) is 11.8 Å². The minimum atomic E-state index is -1.21. The molecule has 1 amide bonds. The second-order valence-electron chi connectivity index (χ2n) is 5.06. The SMILES string of the molecule is Cc1sc(NC(=O)[C@H]2CC=CC[C@H]2C(=O)[O-])c(C#N)c1C. The van der Waals surface area contributed by atoms with Crippen molar-refractivity contribution in [1.29, 1.82) is 5.26 Å². The molecular weight excluding hydrogens is 288 g/mol. The second-order valence-corrected chi connectivity index (χ2v) is 6.29. The Labute approximate surface area is 126 Å². The van der Waals surface area contributed by atoms with Crippen LogP contribution in [0.3, 0.4) is 0 Å². The molecule has 0 aromatic carbocycles. The van der Waals surface area contributed by atoms with Crippen molar-refractivity contribution >= 4 is 28.2 Å². The number of anilines is 1. The smallest absolute Gasteiger partial charge is 0.229 e. The van der Waals surface area contributed by atoms with E-state index in [9.17, 15) is 14.7 Å². The molecule has 0 fully saturated rings. The number of aryl methyl sites for hydroxylation is 1.